The first kappa shape index (κ1) is 10.6. The van der Waals surface area contributed by atoms with E-state index >= 15 is 0 Å². The van der Waals surface area contributed by atoms with Gasteiger partial charge in [0, 0.05) is 6.08 Å². The topological polar surface area (TPSA) is 65.0 Å². The third-order valence-corrected chi connectivity index (χ3v) is 2.42. The summed E-state index contributed by atoms with van der Waals surface area (Å²) in [6, 6.07) is 0. The van der Waals surface area contributed by atoms with Gasteiger partial charge in [-0.3, -0.25) is 0 Å². The van der Waals surface area contributed by atoms with E-state index in [1.807, 2.05) is 0 Å². The molecular weight excluding hydrogens is 200 g/mol. The number of cyclic esters (lactones) is 1. The molecule has 2 rings (SSSR count). The Hall–Kier alpha value is -0.910. The first-order valence-corrected chi connectivity index (χ1v) is 4.87. The van der Waals surface area contributed by atoms with Crippen molar-refractivity contribution in [1.82, 2.24) is 0 Å². The molecule has 0 spiro atoms. The molecule has 84 valence electrons. The largest absolute Gasteiger partial charge is 0.452 e. The Balaban J connectivity index is 1.95. The van der Waals surface area contributed by atoms with Crippen LogP contribution in [0.1, 0.15) is 13.8 Å². The van der Waals surface area contributed by atoms with Crippen molar-refractivity contribution >= 4 is 5.97 Å². The fourth-order valence-corrected chi connectivity index (χ4v) is 1.66. The molecule has 0 amide bonds. The molecule has 1 fully saturated rings. The van der Waals surface area contributed by atoms with Gasteiger partial charge in [0.25, 0.3) is 0 Å². The van der Waals surface area contributed by atoms with E-state index in [1.54, 1.807) is 13.8 Å². The zero-order valence-corrected chi connectivity index (χ0v) is 8.67. The number of aliphatic hydroxyl groups is 1. The van der Waals surface area contributed by atoms with Crippen LogP contribution >= 0.6 is 0 Å². The summed E-state index contributed by atoms with van der Waals surface area (Å²) in [4.78, 5) is 10.8. The Morgan fingerprint density at radius 1 is 1.60 bits per heavy atom. The molecule has 0 aromatic heterocycles. The minimum Gasteiger partial charge on any atom is -0.452 e. The van der Waals surface area contributed by atoms with E-state index in [9.17, 15) is 9.90 Å². The molecular formula is C10H14O5. The minimum atomic E-state index is -0.880. The average molecular weight is 214 g/mol. The van der Waals surface area contributed by atoms with Crippen molar-refractivity contribution in [3.05, 3.63) is 12.2 Å². The van der Waals surface area contributed by atoms with Gasteiger partial charge >= 0.3 is 5.97 Å². The van der Waals surface area contributed by atoms with Crippen LogP contribution in [0.3, 0.4) is 0 Å². The average Bonchev–Trinajstić information content (AvgIpc) is 2.71. The standard InChI is InChI=1S/C10H14O5/c1-10(2)13-5-7(15-10)9(12)6-3-4-8(11)14-6/h3-4,6-7,9,12H,5H2,1-2H3/t6-,7-,9-/m1/s1. The molecule has 2 aliphatic rings. The number of esters is 1. The summed E-state index contributed by atoms with van der Waals surface area (Å²) >= 11 is 0. The molecule has 15 heavy (non-hydrogen) atoms. The fourth-order valence-electron chi connectivity index (χ4n) is 1.66. The first-order chi connectivity index (χ1) is 6.98. The highest BCUT2D eigenvalue weighted by molar-refractivity contribution is 5.84. The number of carbonyl (C=O) groups excluding carboxylic acids is 1. The predicted octanol–water partition coefficient (Wildman–Crippen LogP) is -0.0196. The van der Waals surface area contributed by atoms with Crippen molar-refractivity contribution in [1.29, 1.82) is 0 Å². The number of carbonyl (C=O) groups is 1. The van der Waals surface area contributed by atoms with Gasteiger partial charge in [0.1, 0.15) is 18.3 Å². The summed E-state index contributed by atoms with van der Waals surface area (Å²) < 4.78 is 15.6. The lowest BCUT2D eigenvalue weighted by molar-refractivity contribution is -0.164. The van der Waals surface area contributed by atoms with Gasteiger partial charge < -0.3 is 19.3 Å². The maximum absolute atomic E-state index is 10.8. The fraction of sp³-hybridized carbons (Fsp3) is 0.700. The molecule has 5 heteroatoms. The predicted molar refractivity (Wildman–Crippen MR) is 49.9 cm³/mol. The third-order valence-electron chi connectivity index (χ3n) is 2.42. The van der Waals surface area contributed by atoms with E-state index in [1.165, 1.54) is 12.2 Å². The second kappa shape index (κ2) is 3.59. The van der Waals surface area contributed by atoms with Gasteiger partial charge in [-0.25, -0.2) is 4.79 Å². The Kier molecular flexibility index (Phi) is 2.54. The molecule has 0 unspecified atom stereocenters. The first-order valence-electron chi connectivity index (χ1n) is 4.87. The van der Waals surface area contributed by atoms with E-state index in [-0.39, 0.29) is 0 Å². The summed E-state index contributed by atoms with van der Waals surface area (Å²) in [7, 11) is 0. The van der Waals surface area contributed by atoms with Crippen molar-refractivity contribution < 1.29 is 24.1 Å². The van der Waals surface area contributed by atoms with Crippen molar-refractivity contribution in [3.63, 3.8) is 0 Å². The Morgan fingerprint density at radius 3 is 2.80 bits per heavy atom. The second-order valence-corrected chi connectivity index (χ2v) is 4.12. The zero-order chi connectivity index (χ0) is 11.1. The smallest absolute Gasteiger partial charge is 0.331 e. The maximum atomic E-state index is 10.8. The highest BCUT2D eigenvalue weighted by atomic mass is 16.7. The molecule has 0 saturated carbocycles. The van der Waals surface area contributed by atoms with E-state index in [0.29, 0.717) is 6.61 Å². The summed E-state index contributed by atoms with van der Waals surface area (Å²) in [5.41, 5.74) is 0. The van der Waals surface area contributed by atoms with Gasteiger partial charge in [-0.2, -0.15) is 0 Å². The van der Waals surface area contributed by atoms with Crippen molar-refractivity contribution in [2.24, 2.45) is 0 Å². The lowest BCUT2D eigenvalue weighted by Crippen LogP contribution is -2.39. The third kappa shape index (κ3) is 2.19. The zero-order valence-electron chi connectivity index (χ0n) is 8.67. The summed E-state index contributed by atoms with van der Waals surface area (Å²) in [5.74, 6) is -1.12. The van der Waals surface area contributed by atoms with Crippen LogP contribution in [0.2, 0.25) is 0 Å². The molecule has 0 aromatic rings. The van der Waals surface area contributed by atoms with Gasteiger partial charge in [0.15, 0.2) is 5.79 Å². The van der Waals surface area contributed by atoms with Gasteiger partial charge in [-0.05, 0) is 19.9 Å². The quantitative estimate of drug-likeness (QED) is 0.654. The van der Waals surface area contributed by atoms with Crippen LogP contribution < -0.4 is 0 Å². The summed E-state index contributed by atoms with van der Waals surface area (Å²) in [5, 5.41) is 9.87. The molecule has 1 N–H and O–H groups in total. The van der Waals surface area contributed by atoms with Crippen LogP contribution in [-0.4, -0.2) is 41.8 Å². The molecule has 0 aliphatic carbocycles. The lowest BCUT2D eigenvalue weighted by atomic mass is 10.1. The molecule has 5 nitrogen and oxygen atoms in total. The monoisotopic (exact) mass is 214 g/mol. The van der Waals surface area contributed by atoms with Crippen LogP contribution in [0.5, 0.6) is 0 Å². The Bertz CT molecular complexity index is 296. The molecule has 2 aliphatic heterocycles. The molecule has 0 bridgehead atoms. The summed E-state index contributed by atoms with van der Waals surface area (Å²) in [6.45, 7) is 3.85. The van der Waals surface area contributed by atoms with Gasteiger partial charge in [-0.15, -0.1) is 0 Å². The van der Waals surface area contributed by atoms with Crippen LogP contribution in [0, 0.1) is 0 Å². The van der Waals surface area contributed by atoms with Crippen LogP contribution in [-0.2, 0) is 19.0 Å². The SMILES string of the molecule is CC1(C)OC[C@H]([C@H](O)[C@H]2C=CC(=O)O2)O1. The van der Waals surface area contributed by atoms with Gasteiger partial charge in [0.05, 0.1) is 6.61 Å². The van der Waals surface area contributed by atoms with E-state index < -0.39 is 30.1 Å². The molecule has 0 aromatic carbocycles. The number of ether oxygens (including phenoxy) is 3. The number of hydrogen-bond acceptors (Lipinski definition) is 5. The number of hydrogen-bond donors (Lipinski definition) is 1. The van der Waals surface area contributed by atoms with Crippen LogP contribution in [0.15, 0.2) is 12.2 Å². The number of rotatable bonds is 2. The summed E-state index contributed by atoms with van der Waals surface area (Å²) in [6.07, 6.45) is 0.867. The van der Waals surface area contributed by atoms with Crippen molar-refractivity contribution in [3.8, 4) is 0 Å². The molecule has 1 saturated heterocycles. The maximum Gasteiger partial charge on any atom is 0.331 e. The van der Waals surface area contributed by atoms with E-state index in [4.69, 9.17) is 14.2 Å². The highest BCUT2D eigenvalue weighted by Crippen LogP contribution is 2.26. The van der Waals surface area contributed by atoms with Crippen LogP contribution in [0.4, 0.5) is 0 Å². The van der Waals surface area contributed by atoms with E-state index in [0.717, 1.165) is 0 Å². The van der Waals surface area contributed by atoms with E-state index in [2.05, 4.69) is 0 Å². The van der Waals surface area contributed by atoms with Crippen LogP contribution in [0.25, 0.3) is 0 Å². The van der Waals surface area contributed by atoms with Gasteiger partial charge in [-0.1, -0.05) is 0 Å². The Labute approximate surface area is 87.6 Å². The van der Waals surface area contributed by atoms with Gasteiger partial charge in [0.2, 0.25) is 0 Å². The van der Waals surface area contributed by atoms with Crippen molar-refractivity contribution in [2.75, 3.05) is 6.61 Å². The molecule has 0 radical (unpaired) electrons. The highest BCUT2D eigenvalue weighted by Gasteiger charge is 2.41. The van der Waals surface area contributed by atoms with Crippen molar-refractivity contribution in [2.45, 2.75) is 37.9 Å². The molecule has 2 heterocycles. The normalized spacial score (nSPS) is 35.5. The Morgan fingerprint density at radius 2 is 2.33 bits per heavy atom. The minimum absolute atomic E-state index is 0.302. The second-order valence-electron chi connectivity index (χ2n) is 4.12. The molecule has 3 atom stereocenters. The lowest BCUT2D eigenvalue weighted by Gasteiger charge is -2.23. The number of aliphatic hydroxyl groups excluding tert-OH is 1.